The van der Waals surface area contributed by atoms with Crippen molar-refractivity contribution in [3.8, 4) is 11.4 Å². The summed E-state index contributed by atoms with van der Waals surface area (Å²) in [4.78, 5) is 12.7. The maximum atomic E-state index is 12.7. The number of benzene rings is 2. The molecule has 26 heavy (non-hydrogen) atoms. The Morgan fingerprint density at radius 3 is 2.35 bits per heavy atom. The van der Waals surface area contributed by atoms with E-state index in [0.717, 1.165) is 28.1 Å². The summed E-state index contributed by atoms with van der Waals surface area (Å²) >= 11 is 0. The average molecular weight is 349 g/mol. The fraction of sp³-hybridized carbons (Fsp3) is 0.238. The molecule has 0 bridgehead atoms. The molecule has 1 N–H and O–H groups in total. The van der Waals surface area contributed by atoms with Gasteiger partial charge in [0.05, 0.1) is 18.5 Å². The Kier molecular flexibility index (Phi) is 4.80. The van der Waals surface area contributed by atoms with Gasteiger partial charge in [-0.25, -0.2) is 4.68 Å². The number of anilines is 1. The molecule has 0 aliphatic rings. The molecule has 0 atom stereocenters. The first-order valence-electron chi connectivity index (χ1n) is 8.48. The number of hydrogen-bond acceptors (Lipinski definition) is 3. The van der Waals surface area contributed by atoms with Crippen molar-refractivity contribution < 1.29 is 9.53 Å². The third-order valence-electron chi connectivity index (χ3n) is 4.19. The van der Waals surface area contributed by atoms with Gasteiger partial charge in [-0.3, -0.25) is 4.79 Å². The molecule has 1 heterocycles. The topological polar surface area (TPSA) is 56.1 Å². The van der Waals surface area contributed by atoms with Crippen LogP contribution in [0.4, 0.5) is 5.82 Å². The highest BCUT2D eigenvalue weighted by Gasteiger charge is 2.14. The zero-order valence-electron chi connectivity index (χ0n) is 15.8. The number of amides is 1. The summed E-state index contributed by atoms with van der Waals surface area (Å²) in [5, 5.41) is 7.50. The Morgan fingerprint density at radius 1 is 1.00 bits per heavy atom. The minimum absolute atomic E-state index is 0.200. The molecule has 2 aromatic carbocycles. The lowest BCUT2D eigenvalue weighted by atomic mass is 10.1. The van der Waals surface area contributed by atoms with E-state index in [1.54, 1.807) is 23.9 Å². The number of methoxy groups -OCH3 is 1. The van der Waals surface area contributed by atoms with Crippen LogP contribution in [0.3, 0.4) is 0 Å². The van der Waals surface area contributed by atoms with E-state index in [1.165, 1.54) is 0 Å². The predicted molar refractivity (Wildman–Crippen MR) is 103 cm³/mol. The van der Waals surface area contributed by atoms with Crippen LogP contribution in [0.25, 0.3) is 5.69 Å². The normalized spacial score (nSPS) is 10.7. The molecule has 0 radical (unpaired) electrons. The standard InChI is InChI=1S/C21H23N3O2/c1-13-8-14(2)10-18(9-13)24-20(11-16(4)23-24)22-21(25)17-7-6-15(3)19(12-17)26-5/h6-12H,1-5H3,(H,22,25). The first-order valence-corrected chi connectivity index (χ1v) is 8.48. The second-order valence-electron chi connectivity index (χ2n) is 6.57. The number of carbonyl (C=O) groups is 1. The third kappa shape index (κ3) is 3.61. The van der Waals surface area contributed by atoms with Gasteiger partial charge in [0.1, 0.15) is 11.6 Å². The Bertz CT molecular complexity index is 953. The van der Waals surface area contributed by atoms with Crippen LogP contribution in [0.15, 0.2) is 42.5 Å². The van der Waals surface area contributed by atoms with Gasteiger partial charge in [0.15, 0.2) is 0 Å². The molecule has 0 fully saturated rings. The molecule has 3 aromatic rings. The highest BCUT2D eigenvalue weighted by molar-refractivity contribution is 6.04. The Morgan fingerprint density at radius 2 is 1.69 bits per heavy atom. The van der Waals surface area contributed by atoms with Crippen molar-refractivity contribution in [3.05, 3.63) is 70.4 Å². The van der Waals surface area contributed by atoms with E-state index in [0.29, 0.717) is 17.1 Å². The Balaban J connectivity index is 1.94. The van der Waals surface area contributed by atoms with Crippen molar-refractivity contribution in [2.24, 2.45) is 0 Å². The first-order chi connectivity index (χ1) is 12.4. The molecular formula is C21H23N3O2. The van der Waals surface area contributed by atoms with Crippen LogP contribution >= 0.6 is 0 Å². The summed E-state index contributed by atoms with van der Waals surface area (Å²) in [7, 11) is 1.60. The lowest BCUT2D eigenvalue weighted by Crippen LogP contribution is -2.15. The van der Waals surface area contributed by atoms with Crippen LogP contribution in [0.5, 0.6) is 5.75 Å². The largest absolute Gasteiger partial charge is 0.496 e. The lowest BCUT2D eigenvalue weighted by molar-refractivity contribution is 0.102. The van der Waals surface area contributed by atoms with Gasteiger partial charge in [0.25, 0.3) is 5.91 Å². The van der Waals surface area contributed by atoms with Gasteiger partial charge < -0.3 is 10.1 Å². The number of carbonyl (C=O) groups excluding carboxylic acids is 1. The summed E-state index contributed by atoms with van der Waals surface area (Å²) in [6.45, 7) is 7.94. The summed E-state index contributed by atoms with van der Waals surface area (Å²) in [5.74, 6) is 1.13. The van der Waals surface area contributed by atoms with Crippen molar-refractivity contribution in [3.63, 3.8) is 0 Å². The van der Waals surface area contributed by atoms with Crippen LogP contribution in [-0.2, 0) is 0 Å². The monoisotopic (exact) mass is 349 g/mol. The van der Waals surface area contributed by atoms with Crippen molar-refractivity contribution >= 4 is 11.7 Å². The highest BCUT2D eigenvalue weighted by Crippen LogP contribution is 2.22. The number of nitrogens with zero attached hydrogens (tertiary/aromatic N) is 2. The lowest BCUT2D eigenvalue weighted by Gasteiger charge is -2.11. The second-order valence-corrected chi connectivity index (χ2v) is 6.57. The van der Waals surface area contributed by atoms with Gasteiger partial charge in [-0.15, -0.1) is 0 Å². The molecule has 3 rings (SSSR count). The molecule has 0 aliphatic heterocycles. The fourth-order valence-corrected chi connectivity index (χ4v) is 3.01. The second kappa shape index (κ2) is 7.04. The summed E-state index contributed by atoms with van der Waals surface area (Å²) in [5.41, 5.74) is 5.58. The van der Waals surface area contributed by atoms with Gasteiger partial charge in [0.2, 0.25) is 0 Å². The van der Waals surface area contributed by atoms with Crippen LogP contribution in [0, 0.1) is 27.7 Å². The van der Waals surface area contributed by atoms with E-state index in [2.05, 4.69) is 16.5 Å². The van der Waals surface area contributed by atoms with Gasteiger partial charge in [-0.05, 0) is 68.7 Å². The number of rotatable bonds is 4. The minimum Gasteiger partial charge on any atom is -0.496 e. The molecular weight excluding hydrogens is 326 g/mol. The van der Waals surface area contributed by atoms with Gasteiger partial charge in [-0.1, -0.05) is 12.1 Å². The molecule has 0 unspecified atom stereocenters. The van der Waals surface area contributed by atoms with E-state index in [1.807, 2.05) is 52.0 Å². The molecule has 5 heteroatoms. The molecule has 0 aliphatic carbocycles. The molecule has 0 saturated carbocycles. The SMILES string of the molecule is COc1cc(C(=O)Nc2cc(C)nn2-c2cc(C)cc(C)c2)ccc1C. The molecule has 5 nitrogen and oxygen atoms in total. The van der Waals surface area contributed by atoms with Crippen molar-refractivity contribution in [2.45, 2.75) is 27.7 Å². The maximum absolute atomic E-state index is 12.7. The van der Waals surface area contributed by atoms with E-state index in [-0.39, 0.29) is 5.91 Å². The van der Waals surface area contributed by atoms with Gasteiger partial charge in [0, 0.05) is 11.6 Å². The number of nitrogens with one attached hydrogen (secondary N) is 1. The summed E-state index contributed by atoms with van der Waals surface area (Å²) in [6.07, 6.45) is 0. The van der Waals surface area contributed by atoms with Gasteiger partial charge in [-0.2, -0.15) is 5.10 Å². The molecule has 0 spiro atoms. The van der Waals surface area contributed by atoms with Crippen molar-refractivity contribution in [2.75, 3.05) is 12.4 Å². The number of ether oxygens (including phenoxy) is 1. The van der Waals surface area contributed by atoms with Crippen molar-refractivity contribution in [1.82, 2.24) is 9.78 Å². The van der Waals surface area contributed by atoms with Crippen LogP contribution in [0.1, 0.15) is 32.7 Å². The smallest absolute Gasteiger partial charge is 0.256 e. The quantitative estimate of drug-likeness (QED) is 0.761. The number of aromatic nitrogens is 2. The molecule has 1 aromatic heterocycles. The zero-order chi connectivity index (χ0) is 18.8. The van der Waals surface area contributed by atoms with E-state index in [4.69, 9.17) is 4.74 Å². The summed E-state index contributed by atoms with van der Waals surface area (Å²) < 4.78 is 7.07. The van der Waals surface area contributed by atoms with E-state index < -0.39 is 0 Å². The van der Waals surface area contributed by atoms with Crippen LogP contribution < -0.4 is 10.1 Å². The minimum atomic E-state index is -0.200. The third-order valence-corrected chi connectivity index (χ3v) is 4.19. The maximum Gasteiger partial charge on any atom is 0.256 e. The fourth-order valence-electron chi connectivity index (χ4n) is 3.01. The number of hydrogen-bond donors (Lipinski definition) is 1. The first kappa shape index (κ1) is 17.7. The highest BCUT2D eigenvalue weighted by atomic mass is 16.5. The van der Waals surface area contributed by atoms with Gasteiger partial charge >= 0.3 is 0 Å². The van der Waals surface area contributed by atoms with Crippen LogP contribution in [-0.4, -0.2) is 22.8 Å². The van der Waals surface area contributed by atoms with E-state index >= 15 is 0 Å². The van der Waals surface area contributed by atoms with Crippen LogP contribution in [0.2, 0.25) is 0 Å². The number of aryl methyl sites for hydroxylation is 4. The molecule has 1 amide bonds. The van der Waals surface area contributed by atoms with Crippen molar-refractivity contribution in [1.29, 1.82) is 0 Å². The summed E-state index contributed by atoms with van der Waals surface area (Å²) in [6, 6.07) is 13.5. The molecule has 134 valence electrons. The zero-order valence-corrected chi connectivity index (χ0v) is 15.8. The average Bonchev–Trinajstić information content (AvgIpc) is 2.94. The van der Waals surface area contributed by atoms with E-state index in [9.17, 15) is 4.79 Å². The Labute approximate surface area is 153 Å². The predicted octanol–water partition coefficient (Wildman–Crippen LogP) is 4.37. The Hall–Kier alpha value is -3.08. The molecule has 0 saturated heterocycles.